The van der Waals surface area contributed by atoms with E-state index < -0.39 is 43.6 Å². The summed E-state index contributed by atoms with van der Waals surface area (Å²) in [6.07, 6.45) is 9.10. The van der Waals surface area contributed by atoms with Gasteiger partial charge in [-0.1, -0.05) is 48.5 Å². The minimum Gasteiger partial charge on any atom is -0.478 e. The van der Waals surface area contributed by atoms with Crippen molar-refractivity contribution in [2.24, 2.45) is 0 Å². The van der Waals surface area contributed by atoms with Crippen LogP contribution >= 0.6 is 0 Å². The van der Waals surface area contributed by atoms with Gasteiger partial charge in [0, 0.05) is 72.6 Å². The molecule has 0 amide bonds. The molecule has 0 fully saturated rings. The summed E-state index contributed by atoms with van der Waals surface area (Å²) in [6.45, 7) is 3.78. The second-order valence-electron chi connectivity index (χ2n) is 11.8. The van der Waals surface area contributed by atoms with Gasteiger partial charge in [0.1, 0.15) is 21.2 Å². The number of aromatic nitrogens is 4. The molecule has 0 aliphatic carbocycles. The van der Waals surface area contributed by atoms with Gasteiger partial charge in [-0.3, -0.25) is 14.8 Å². The molecule has 4 heterocycles. The number of nitrogens with zero attached hydrogens (tertiary/aromatic N) is 4. The Morgan fingerprint density at radius 3 is 1.53 bits per heavy atom. The fourth-order valence-electron chi connectivity index (χ4n) is 5.29. The lowest BCUT2D eigenvalue weighted by Crippen LogP contribution is -2.14. The number of carbonyl (C=O) groups is 3. The summed E-state index contributed by atoms with van der Waals surface area (Å²) in [7, 11) is -6.38. The van der Waals surface area contributed by atoms with Crippen molar-refractivity contribution in [3.05, 3.63) is 156 Å². The molecule has 0 unspecified atom stereocenters. The first-order valence-electron chi connectivity index (χ1n) is 16.5. The van der Waals surface area contributed by atoms with Gasteiger partial charge in [0.15, 0.2) is 17.9 Å². The van der Waals surface area contributed by atoms with Gasteiger partial charge in [-0.2, -0.15) is 0 Å². The summed E-state index contributed by atoms with van der Waals surface area (Å²) in [4.78, 5) is 37.8. The van der Waals surface area contributed by atoms with Crippen molar-refractivity contribution in [3.8, 4) is 22.5 Å². The van der Waals surface area contributed by atoms with Crippen LogP contribution in [0.25, 0.3) is 22.5 Å². The number of pyridine rings is 2. The van der Waals surface area contributed by atoms with Crippen LogP contribution in [-0.2, 0) is 36.2 Å². The Morgan fingerprint density at radius 1 is 0.702 bits per heavy atom. The molecule has 0 spiro atoms. The lowest BCUT2D eigenvalue weighted by atomic mass is 10.1. The van der Waals surface area contributed by atoms with E-state index >= 15 is 4.39 Å². The van der Waals surface area contributed by atoms with E-state index in [4.69, 9.17) is 10.2 Å². The highest BCUT2D eigenvalue weighted by atomic mass is 32.2. The fourth-order valence-corrected chi connectivity index (χ4v) is 7.99. The number of hydrogen-bond acceptors (Lipinski definition) is 10. The van der Waals surface area contributed by atoms with Crippen molar-refractivity contribution in [2.45, 2.75) is 30.2 Å². The van der Waals surface area contributed by atoms with Crippen molar-refractivity contribution in [1.29, 1.82) is 0 Å². The lowest BCUT2D eigenvalue weighted by molar-refractivity contribution is -0.134. The number of halogens is 2. The molecule has 0 saturated carbocycles. The summed E-state index contributed by atoms with van der Waals surface area (Å²) in [5.41, 5.74) is 2.25. The van der Waals surface area contributed by atoms with Gasteiger partial charge in [-0.25, -0.2) is 43.2 Å². The minimum absolute atomic E-state index is 0.0100. The van der Waals surface area contributed by atoms with Gasteiger partial charge >= 0.3 is 11.9 Å². The maximum atomic E-state index is 15.1. The molecule has 4 aromatic heterocycles. The highest BCUT2D eigenvalue weighted by Gasteiger charge is 2.28. The number of nitrogens with one attached hydrogen (secondary N) is 1. The van der Waals surface area contributed by atoms with Gasteiger partial charge in [-0.15, -0.1) is 0 Å². The molecule has 296 valence electrons. The Bertz CT molecular complexity index is 2630. The molecule has 2 aromatic carbocycles. The Labute approximate surface area is 326 Å². The van der Waals surface area contributed by atoms with Crippen LogP contribution in [0.3, 0.4) is 0 Å². The number of aldehydes is 1. The molecule has 57 heavy (non-hydrogen) atoms. The van der Waals surface area contributed by atoms with Crippen LogP contribution < -0.4 is 5.32 Å². The largest absolute Gasteiger partial charge is 0.478 e. The normalized spacial score (nSPS) is 11.2. The van der Waals surface area contributed by atoms with Crippen molar-refractivity contribution in [1.82, 2.24) is 23.2 Å². The number of hydrogen-bond donors (Lipinski definition) is 3. The highest BCUT2D eigenvalue weighted by molar-refractivity contribution is 7.90. The lowest BCUT2D eigenvalue weighted by Gasteiger charge is -2.12. The predicted octanol–water partition coefficient (Wildman–Crippen LogP) is 5.71. The van der Waals surface area contributed by atoms with Crippen molar-refractivity contribution in [2.75, 3.05) is 7.05 Å². The SMILES string of the molecule is CNCc1cn(S(=O)(=O)c2cccnc2)c(-c2ccccc2C)c1F.Cc1ccccc1-c1c(F)c(C=O)cn1S(=O)(=O)c1cccnc1.O=C(O)/C=C/C(=O)O. The Balaban J connectivity index is 0.000000213. The van der Waals surface area contributed by atoms with E-state index in [9.17, 15) is 35.6 Å². The second kappa shape index (κ2) is 18.8. The van der Waals surface area contributed by atoms with Crippen LogP contribution in [0.5, 0.6) is 0 Å². The first-order chi connectivity index (χ1) is 27.1. The zero-order valence-corrected chi connectivity index (χ0v) is 32.1. The molecule has 0 saturated heterocycles. The van der Waals surface area contributed by atoms with Gasteiger partial charge < -0.3 is 15.5 Å². The molecule has 0 aliphatic rings. The standard InChI is InChI=1S/C18H18FN3O2S.C17H13FN2O3S.C4H4O4/c1-13-6-3-4-8-16(13)18-17(19)14(10-20-2)12-22(18)25(23,24)15-7-5-9-21-11-15;1-12-5-2-3-7-15(12)17-16(18)13(11-21)10-20(17)24(22,23)14-6-4-8-19-9-14;5-3(6)1-2-4(7)8/h3-9,11-12,20H,10H2,1-2H3;2-11H,1H3;1-2H,(H,5,6)(H,7,8)/b;;2-1+. The third-order valence-corrected chi connectivity index (χ3v) is 11.3. The van der Waals surface area contributed by atoms with Crippen LogP contribution in [-0.4, -0.2) is 70.2 Å². The smallest absolute Gasteiger partial charge is 0.328 e. The molecule has 14 nitrogen and oxygen atoms in total. The van der Waals surface area contributed by atoms with E-state index in [0.29, 0.717) is 35.1 Å². The summed E-state index contributed by atoms with van der Waals surface area (Å²) in [5.74, 6) is -3.93. The molecule has 0 atom stereocenters. The molecule has 18 heteroatoms. The van der Waals surface area contributed by atoms with Gasteiger partial charge in [0.25, 0.3) is 20.0 Å². The van der Waals surface area contributed by atoms with E-state index in [1.807, 2.05) is 19.1 Å². The second-order valence-corrected chi connectivity index (χ2v) is 15.5. The van der Waals surface area contributed by atoms with E-state index in [2.05, 4.69) is 15.3 Å². The van der Waals surface area contributed by atoms with Gasteiger partial charge in [-0.05, 0) is 56.3 Å². The van der Waals surface area contributed by atoms with Crippen molar-refractivity contribution < 1.29 is 50.2 Å². The fraction of sp³-hybridized carbons (Fsp3) is 0.103. The highest BCUT2D eigenvalue weighted by Crippen LogP contribution is 2.33. The Morgan fingerprint density at radius 2 is 1.14 bits per heavy atom. The maximum Gasteiger partial charge on any atom is 0.328 e. The minimum atomic E-state index is -4.09. The molecule has 3 N–H and O–H groups in total. The molecule has 6 rings (SSSR count). The number of rotatable bonds is 11. The number of carboxylic acids is 2. The average Bonchev–Trinajstić information content (AvgIpc) is 3.72. The first-order valence-corrected chi connectivity index (χ1v) is 19.4. The van der Waals surface area contributed by atoms with Crippen LogP contribution in [0.2, 0.25) is 0 Å². The number of aryl methyl sites for hydroxylation is 2. The number of benzene rings is 2. The summed E-state index contributed by atoms with van der Waals surface area (Å²) in [5, 5.41) is 18.5. The quantitative estimate of drug-likeness (QED) is 0.106. The average molecular weight is 820 g/mol. The Hall–Kier alpha value is -6.63. The molecule has 6 aromatic rings. The van der Waals surface area contributed by atoms with E-state index in [1.54, 1.807) is 50.4 Å². The van der Waals surface area contributed by atoms with Crippen LogP contribution in [0.4, 0.5) is 8.78 Å². The zero-order chi connectivity index (χ0) is 41.9. The van der Waals surface area contributed by atoms with E-state index in [0.717, 1.165) is 19.7 Å². The summed E-state index contributed by atoms with van der Waals surface area (Å²) >= 11 is 0. The molecule has 0 aliphatic heterocycles. The first kappa shape index (κ1) is 43.1. The zero-order valence-electron chi connectivity index (χ0n) is 30.4. The number of carboxylic acid groups (broad SMARTS) is 2. The third-order valence-electron chi connectivity index (χ3n) is 7.97. The number of aliphatic carboxylic acids is 2. The van der Waals surface area contributed by atoms with Crippen LogP contribution in [0.1, 0.15) is 27.0 Å². The van der Waals surface area contributed by atoms with Crippen LogP contribution in [0.15, 0.2) is 132 Å². The molecule has 0 radical (unpaired) electrons. The monoisotopic (exact) mass is 819 g/mol. The van der Waals surface area contributed by atoms with E-state index in [-0.39, 0.29) is 38.9 Å². The van der Waals surface area contributed by atoms with Gasteiger partial charge in [0.2, 0.25) is 0 Å². The molecular weight excluding hydrogens is 785 g/mol. The summed E-state index contributed by atoms with van der Waals surface area (Å²) in [6, 6.07) is 19.7. The van der Waals surface area contributed by atoms with Gasteiger partial charge in [0.05, 0.1) is 5.56 Å². The topological polar surface area (TPSA) is 208 Å². The summed E-state index contributed by atoms with van der Waals surface area (Å²) < 4.78 is 83.3. The predicted molar refractivity (Wildman–Crippen MR) is 205 cm³/mol. The van der Waals surface area contributed by atoms with Crippen molar-refractivity contribution >= 4 is 38.3 Å². The number of carbonyl (C=O) groups excluding carboxylic acids is 1. The van der Waals surface area contributed by atoms with Crippen LogP contribution in [0, 0.1) is 25.5 Å². The molecule has 0 bridgehead atoms. The van der Waals surface area contributed by atoms with Crippen molar-refractivity contribution in [3.63, 3.8) is 0 Å². The Kier molecular flexibility index (Phi) is 14.2. The molecular formula is C39H35F2N5O9S2. The third kappa shape index (κ3) is 9.98. The van der Waals surface area contributed by atoms with E-state index in [1.165, 1.54) is 55.2 Å². The maximum absolute atomic E-state index is 15.1.